The fraction of sp³-hybridized carbons (Fsp3) is 0.154. The molecule has 4 rings (SSSR count). The van der Waals surface area contributed by atoms with E-state index in [9.17, 15) is 19.6 Å². The molecule has 0 saturated carbocycles. The lowest BCUT2D eigenvalue weighted by atomic mass is 10.0. The smallest absolute Gasteiger partial charge is 0.328 e. The highest BCUT2D eigenvalue weighted by Crippen LogP contribution is 2.38. The maximum Gasteiger partial charge on any atom is 0.328 e. The Morgan fingerprint density at radius 2 is 1.85 bits per heavy atom. The third-order valence-electron chi connectivity index (χ3n) is 5.48. The Labute approximate surface area is 200 Å². The van der Waals surface area contributed by atoms with Gasteiger partial charge in [-0.1, -0.05) is 48.5 Å². The number of fused-ring (bicyclic) bond motifs is 1. The first kappa shape index (κ1) is 23.1. The number of carbonyl (C=O) groups excluding carboxylic acids is 3. The number of nitriles is 1. The number of nitrogens with zero attached hydrogens (tertiary/aromatic N) is 2. The first-order chi connectivity index (χ1) is 16.4. The molecule has 1 aliphatic rings. The highest BCUT2D eigenvalue weighted by atomic mass is 32.2. The molecule has 1 aliphatic heterocycles. The van der Waals surface area contributed by atoms with Gasteiger partial charge in [0, 0.05) is 11.1 Å². The van der Waals surface area contributed by atoms with E-state index in [4.69, 9.17) is 4.74 Å². The maximum absolute atomic E-state index is 13.0. The van der Waals surface area contributed by atoms with Gasteiger partial charge in [-0.3, -0.25) is 14.5 Å². The first-order valence-electron chi connectivity index (χ1n) is 10.4. The summed E-state index contributed by atoms with van der Waals surface area (Å²) in [6.07, 6.45) is 1.61. The van der Waals surface area contributed by atoms with Crippen molar-refractivity contribution in [1.82, 2.24) is 4.90 Å². The summed E-state index contributed by atoms with van der Waals surface area (Å²) >= 11 is 0.763. The van der Waals surface area contributed by atoms with Crippen molar-refractivity contribution in [3.8, 4) is 11.8 Å². The molecule has 1 saturated heterocycles. The molecule has 1 atom stereocenters. The molecule has 0 aromatic heterocycles. The van der Waals surface area contributed by atoms with Gasteiger partial charge in [0.2, 0.25) is 0 Å². The average molecular weight is 473 g/mol. The number of imide groups is 1. The highest BCUT2D eigenvalue weighted by Gasteiger charge is 2.41. The Kier molecular flexibility index (Phi) is 6.66. The fourth-order valence-corrected chi connectivity index (χ4v) is 4.57. The number of esters is 1. The van der Waals surface area contributed by atoms with Crippen molar-refractivity contribution < 1.29 is 23.9 Å². The van der Waals surface area contributed by atoms with Crippen LogP contribution in [-0.2, 0) is 20.9 Å². The summed E-state index contributed by atoms with van der Waals surface area (Å²) < 4.78 is 10.8. The quantitative estimate of drug-likeness (QED) is 0.372. The minimum atomic E-state index is -1.03. The monoisotopic (exact) mass is 472 g/mol. The van der Waals surface area contributed by atoms with Crippen molar-refractivity contribution in [2.75, 3.05) is 7.11 Å². The van der Waals surface area contributed by atoms with Crippen molar-refractivity contribution in [1.29, 1.82) is 5.26 Å². The van der Waals surface area contributed by atoms with E-state index in [0.717, 1.165) is 33.0 Å². The van der Waals surface area contributed by atoms with E-state index in [1.54, 1.807) is 24.3 Å². The SMILES string of the molecule is COC(=O)[C@@H](C)N1C(=O)S/C(=C/c2c(OCc3ccccc3C#N)ccc3ccccc23)C1=O. The van der Waals surface area contributed by atoms with Gasteiger partial charge in [0.05, 0.1) is 23.6 Å². The standard InChI is InChI=1S/C26H20N2O5S/c1-16(25(30)32-2)28-24(29)23(34-26(28)31)13-21-20-10-6-5-7-17(20)11-12-22(21)33-15-19-9-4-3-8-18(19)14-27/h3-13,16H,15H2,1-2H3/b23-13+/t16-/m1/s1. The predicted octanol–water partition coefficient (Wildman–Crippen LogP) is 4.89. The molecule has 1 heterocycles. The Bertz CT molecular complexity index is 1380. The van der Waals surface area contributed by atoms with E-state index in [-0.39, 0.29) is 11.5 Å². The van der Waals surface area contributed by atoms with Crippen LogP contribution in [0.4, 0.5) is 4.79 Å². The van der Waals surface area contributed by atoms with Crippen LogP contribution in [0.25, 0.3) is 16.8 Å². The van der Waals surface area contributed by atoms with E-state index in [1.165, 1.54) is 14.0 Å². The summed E-state index contributed by atoms with van der Waals surface area (Å²) in [6, 6.07) is 19.6. The van der Waals surface area contributed by atoms with Gasteiger partial charge >= 0.3 is 5.97 Å². The van der Waals surface area contributed by atoms with Gasteiger partial charge in [-0.05, 0) is 47.7 Å². The van der Waals surface area contributed by atoms with E-state index >= 15 is 0 Å². The van der Waals surface area contributed by atoms with E-state index in [1.807, 2.05) is 42.5 Å². The lowest BCUT2D eigenvalue weighted by Gasteiger charge is -2.18. The van der Waals surface area contributed by atoms with Gasteiger partial charge in [-0.25, -0.2) is 4.79 Å². The van der Waals surface area contributed by atoms with E-state index < -0.39 is 23.2 Å². The number of thioether (sulfide) groups is 1. The van der Waals surface area contributed by atoms with Crippen LogP contribution < -0.4 is 4.74 Å². The molecule has 1 fully saturated rings. The zero-order valence-corrected chi connectivity index (χ0v) is 19.3. The zero-order valence-electron chi connectivity index (χ0n) is 18.5. The van der Waals surface area contributed by atoms with Gasteiger partial charge in [0.25, 0.3) is 11.1 Å². The Balaban J connectivity index is 1.73. The molecule has 0 spiro atoms. The van der Waals surface area contributed by atoms with Crippen LogP contribution in [0.5, 0.6) is 5.75 Å². The summed E-state index contributed by atoms with van der Waals surface area (Å²) in [5.41, 5.74) is 1.88. The molecule has 0 unspecified atom stereocenters. The minimum absolute atomic E-state index is 0.157. The topological polar surface area (TPSA) is 96.7 Å². The molecule has 0 N–H and O–H groups in total. The number of hydrogen-bond acceptors (Lipinski definition) is 7. The number of hydrogen-bond donors (Lipinski definition) is 0. The molecule has 8 heteroatoms. The van der Waals surface area contributed by atoms with Crippen LogP contribution in [0.1, 0.15) is 23.6 Å². The van der Waals surface area contributed by atoms with E-state index in [0.29, 0.717) is 16.9 Å². The Morgan fingerprint density at radius 3 is 2.62 bits per heavy atom. The van der Waals surface area contributed by atoms with Gasteiger partial charge < -0.3 is 9.47 Å². The van der Waals surface area contributed by atoms with Crippen LogP contribution in [0.15, 0.2) is 65.6 Å². The third kappa shape index (κ3) is 4.38. The molecule has 3 aromatic rings. The molecule has 3 aromatic carbocycles. The normalized spacial score (nSPS) is 15.4. The largest absolute Gasteiger partial charge is 0.488 e. The van der Waals surface area contributed by atoms with Gasteiger partial charge in [-0.15, -0.1) is 0 Å². The van der Waals surface area contributed by atoms with Crippen LogP contribution in [0.2, 0.25) is 0 Å². The Hall–Kier alpha value is -4.09. The van der Waals surface area contributed by atoms with Crippen LogP contribution in [0.3, 0.4) is 0 Å². The van der Waals surface area contributed by atoms with Crippen molar-refractivity contribution in [3.63, 3.8) is 0 Å². The molecule has 7 nitrogen and oxygen atoms in total. The van der Waals surface area contributed by atoms with Crippen molar-refractivity contribution in [2.45, 2.75) is 19.6 Å². The third-order valence-corrected chi connectivity index (χ3v) is 6.36. The molecular weight excluding hydrogens is 452 g/mol. The van der Waals surface area contributed by atoms with Crippen molar-refractivity contribution >= 4 is 45.7 Å². The summed E-state index contributed by atoms with van der Waals surface area (Å²) in [7, 11) is 1.21. The second-order valence-electron chi connectivity index (χ2n) is 7.51. The second kappa shape index (κ2) is 9.81. The fourth-order valence-electron chi connectivity index (χ4n) is 3.68. The number of carbonyl (C=O) groups is 3. The zero-order chi connectivity index (χ0) is 24.2. The van der Waals surface area contributed by atoms with Gasteiger partial charge in [0.1, 0.15) is 18.4 Å². The number of amides is 2. The molecule has 0 bridgehead atoms. The number of rotatable bonds is 6. The molecule has 34 heavy (non-hydrogen) atoms. The lowest BCUT2D eigenvalue weighted by Crippen LogP contribution is -2.42. The molecule has 0 aliphatic carbocycles. The second-order valence-corrected chi connectivity index (χ2v) is 8.50. The van der Waals surface area contributed by atoms with E-state index in [2.05, 4.69) is 10.8 Å². The maximum atomic E-state index is 13.0. The van der Waals surface area contributed by atoms with Crippen molar-refractivity contribution in [2.24, 2.45) is 0 Å². The van der Waals surface area contributed by atoms with Crippen LogP contribution >= 0.6 is 11.8 Å². The Morgan fingerprint density at radius 1 is 1.12 bits per heavy atom. The first-order valence-corrected chi connectivity index (χ1v) is 11.2. The van der Waals surface area contributed by atoms with Crippen LogP contribution in [-0.4, -0.2) is 35.2 Å². The summed E-state index contributed by atoms with van der Waals surface area (Å²) in [5.74, 6) is -0.741. The molecule has 170 valence electrons. The van der Waals surface area contributed by atoms with Gasteiger partial charge in [0.15, 0.2) is 0 Å². The number of ether oxygens (including phenoxy) is 2. The molecule has 0 radical (unpaired) electrons. The highest BCUT2D eigenvalue weighted by molar-refractivity contribution is 8.18. The van der Waals surface area contributed by atoms with Gasteiger partial charge in [-0.2, -0.15) is 5.26 Å². The number of benzene rings is 3. The summed E-state index contributed by atoms with van der Waals surface area (Å²) in [4.78, 5) is 38.6. The molecule has 2 amide bonds. The number of methoxy groups -OCH3 is 1. The lowest BCUT2D eigenvalue weighted by molar-refractivity contribution is -0.148. The minimum Gasteiger partial charge on any atom is -0.488 e. The summed E-state index contributed by atoms with van der Waals surface area (Å²) in [6.45, 7) is 1.61. The molecular formula is C26H20N2O5S. The van der Waals surface area contributed by atoms with Crippen molar-refractivity contribution in [3.05, 3.63) is 82.3 Å². The van der Waals surface area contributed by atoms with Crippen LogP contribution in [0, 0.1) is 11.3 Å². The summed E-state index contributed by atoms with van der Waals surface area (Å²) in [5, 5.41) is 10.6. The predicted molar refractivity (Wildman–Crippen MR) is 129 cm³/mol. The average Bonchev–Trinajstić information content (AvgIpc) is 3.14.